The molecule has 1 N–H and O–H groups in total. The van der Waals surface area contributed by atoms with Gasteiger partial charge in [-0.15, -0.1) is 0 Å². The number of piperidine rings is 1. The SMILES string of the molecule is Cc1ccc(C(=O)Nc2cccc(N3CCCCC3=O)c2)cc1C. The molecule has 3 rings (SSSR count). The van der Waals surface area contributed by atoms with Gasteiger partial charge in [0.2, 0.25) is 5.91 Å². The summed E-state index contributed by atoms with van der Waals surface area (Å²) in [4.78, 5) is 26.3. The smallest absolute Gasteiger partial charge is 0.255 e. The summed E-state index contributed by atoms with van der Waals surface area (Å²) in [5.41, 5.74) is 4.44. The third-order valence-electron chi connectivity index (χ3n) is 4.51. The number of rotatable bonds is 3. The molecule has 1 heterocycles. The fraction of sp³-hybridized carbons (Fsp3) is 0.300. The Kier molecular flexibility index (Phi) is 4.65. The van der Waals surface area contributed by atoms with Crippen molar-refractivity contribution in [3.05, 3.63) is 59.2 Å². The maximum absolute atomic E-state index is 12.4. The van der Waals surface area contributed by atoms with E-state index >= 15 is 0 Å². The van der Waals surface area contributed by atoms with E-state index < -0.39 is 0 Å². The minimum Gasteiger partial charge on any atom is -0.322 e. The number of nitrogens with zero attached hydrogens (tertiary/aromatic N) is 1. The maximum Gasteiger partial charge on any atom is 0.255 e. The molecule has 0 atom stereocenters. The normalized spacial score (nSPS) is 14.6. The Labute approximate surface area is 142 Å². The molecule has 1 fully saturated rings. The highest BCUT2D eigenvalue weighted by Crippen LogP contribution is 2.24. The van der Waals surface area contributed by atoms with Gasteiger partial charge in [0.1, 0.15) is 0 Å². The van der Waals surface area contributed by atoms with Crippen molar-refractivity contribution < 1.29 is 9.59 Å². The Morgan fingerprint density at radius 2 is 1.88 bits per heavy atom. The number of aryl methyl sites for hydroxylation is 2. The second-order valence-corrected chi connectivity index (χ2v) is 6.31. The molecule has 2 aromatic carbocycles. The van der Waals surface area contributed by atoms with Crippen molar-refractivity contribution in [3.63, 3.8) is 0 Å². The first-order valence-corrected chi connectivity index (χ1v) is 8.33. The van der Waals surface area contributed by atoms with E-state index in [9.17, 15) is 9.59 Å². The summed E-state index contributed by atoms with van der Waals surface area (Å²) in [6, 6.07) is 13.2. The number of amides is 2. The zero-order valence-corrected chi connectivity index (χ0v) is 14.1. The summed E-state index contributed by atoms with van der Waals surface area (Å²) >= 11 is 0. The molecule has 0 unspecified atom stereocenters. The summed E-state index contributed by atoms with van der Waals surface area (Å²) in [6.07, 6.45) is 2.57. The van der Waals surface area contributed by atoms with Crippen molar-refractivity contribution in [2.75, 3.05) is 16.8 Å². The van der Waals surface area contributed by atoms with Crippen LogP contribution in [0.3, 0.4) is 0 Å². The molecule has 2 aromatic rings. The highest BCUT2D eigenvalue weighted by Gasteiger charge is 2.19. The topological polar surface area (TPSA) is 49.4 Å². The van der Waals surface area contributed by atoms with Crippen LogP contribution >= 0.6 is 0 Å². The molecule has 1 saturated heterocycles. The summed E-state index contributed by atoms with van der Waals surface area (Å²) in [5, 5.41) is 2.92. The predicted molar refractivity (Wildman–Crippen MR) is 96.5 cm³/mol. The van der Waals surface area contributed by atoms with E-state index in [0.717, 1.165) is 36.2 Å². The molecular formula is C20H22N2O2. The van der Waals surface area contributed by atoms with Crippen molar-refractivity contribution in [1.29, 1.82) is 0 Å². The lowest BCUT2D eigenvalue weighted by Gasteiger charge is -2.27. The average molecular weight is 322 g/mol. The number of benzene rings is 2. The van der Waals surface area contributed by atoms with Crippen LogP contribution in [0.15, 0.2) is 42.5 Å². The van der Waals surface area contributed by atoms with Gasteiger partial charge in [0, 0.05) is 29.9 Å². The monoisotopic (exact) mass is 322 g/mol. The first-order valence-electron chi connectivity index (χ1n) is 8.33. The van der Waals surface area contributed by atoms with Crippen LogP contribution in [0.2, 0.25) is 0 Å². The van der Waals surface area contributed by atoms with Gasteiger partial charge in [0.15, 0.2) is 0 Å². The summed E-state index contributed by atoms with van der Waals surface area (Å²) in [5.74, 6) is 0.0131. The fourth-order valence-electron chi connectivity index (χ4n) is 2.92. The maximum atomic E-state index is 12.4. The second-order valence-electron chi connectivity index (χ2n) is 6.31. The molecule has 124 valence electrons. The molecule has 0 saturated carbocycles. The van der Waals surface area contributed by atoms with Gasteiger partial charge in [0.05, 0.1) is 0 Å². The molecule has 0 spiro atoms. The van der Waals surface area contributed by atoms with Gasteiger partial charge in [-0.3, -0.25) is 9.59 Å². The van der Waals surface area contributed by atoms with Gasteiger partial charge in [-0.1, -0.05) is 12.1 Å². The van der Waals surface area contributed by atoms with Crippen LogP contribution < -0.4 is 10.2 Å². The van der Waals surface area contributed by atoms with Crippen molar-refractivity contribution in [3.8, 4) is 0 Å². The van der Waals surface area contributed by atoms with Crippen molar-refractivity contribution in [2.45, 2.75) is 33.1 Å². The van der Waals surface area contributed by atoms with Crippen LogP contribution in [0.1, 0.15) is 40.7 Å². The summed E-state index contributed by atoms with van der Waals surface area (Å²) in [7, 11) is 0. The minimum atomic E-state index is -0.139. The first-order chi connectivity index (χ1) is 11.5. The Morgan fingerprint density at radius 3 is 2.62 bits per heavy atom. The van der Waals surface area contributed by atoms with Gasteiger partial charge in [-0.05, 0) is 68.1 Å². The van der Waals surface area contributed by atoms with Gasteiger partial charge < -0.3 is 10.2 Å². The van der Waals surface area contributed by atoms with Gasteiger partial charge in [-0.25, -0.2) is 0 Å². The molecule has 2 amide bonds. The second kappa shape index (κ2) is 6.87. The quantitative estimate of drug-likeness (QED) is 0.926. The fourth-order valence-corrected chi connectivity index (χ4v) is 2.92. The molecule has 4 heteroatoms. The number of carbonyl (C=O) groups is 2. The Bertz CT molecular complexity index is 783. The molecule has 4 nitrogen and oxygen atoms in total. The van der Waals surface area contributed by atoms with Crippen LogP contribution in [-0.4, -0.2) is 18.4 Å². The van der Waals surface area contributed by atoms with Crippen LogP contribution in [-0.2, 0) is 4.79 Å². The summed E-state index contributed by atoms with van der Waals surface area (Å²) < 4.78 is 0. The zero-order chi connectivity index (χ0) is 17.1. The van der Waals surface area contributed by atoms with Gasteiger partial charge >= 0.3 is 0 Å². The standard InChI is InChI=1S/C20H22N2O2/c1-14-9-10-16(12-15(14)2)20(24)21-17-6-5-7-18(13-17)22-11-4-3-8-19(22)23/h5-7,9-10,12-13H,3-4,8,11H2,1-2H3,(H,21,24). The lowest BCUT2D eigenvalue weighted by atomic mass is 10.1. The Balaban J connectivity index is 1.77. The lowest BCUT2D eigenvalue weighted by molar-refractivity contribution is -0.119. The molecule has 0 aromatic heterocycles. The molecular weight excluding hydrogens is 300 g/mol. The van der Waals surface area contributed by atoms with E-state index in [1.165, 1.54) is 0 Å². The molecule has 0 aliphatic carbocycles. The number of nitrogens with one attached hydrogen (secondary N) is 1. The van der Waals surface area contributed by atoms with Crippen LogP contribution in [0.25, 0.3) is 0 Å². The molecule has 0 bridgehead atoms. The van der Waals surface area contributed by atoms with E-state index in [4.69, 9.17) is 0 Å². The highest BCUT2D eigenvalue weighted by atomic mass is 16.2. The highest BCUT2D eigenvalue weighted by molar-refractivity contribution is 6.05. The first kappa shape index (κ1) is 16.2. The third-order valence-corrected chi connectivity index (χ3v) is 4.51. The number of anilines is 2. The minimum absolute atomic E-state index is 0.139. The summed E-state index contributed by atoms with van der Waals surface area (Å²) in [6.45, 7) is 4.76. The van der Waals surface area contributed by atoms with Crippen LogP contribution in [0, 0.1) is 13.8 Å². The number of carbonyl (C=O) groups excluding carboxylic acids is 2. The molecule has 0 radical (unpaired) electrons. The Hall–Kier alpha value is -2.62. The van der Waals surface area contributed by atoms with E-state index in [2.05, 4.69) is 5.32 Å². The predicted octanol–water partition coefficient (Wildman–Crippen LogP) is 4.07. The van der Waals surface area contributed by atoms with Crippen LogP contribution in [0.5, 0.6) is 0 Å². The van der Waals surface area contributed by atoms with Gasteiger partial charge in [0.25, 0.3) is 5.91 Å². The van der Waals surface area contributed by atoms with Crippen molar-refractivity contribution >= 4 is 23.2 Å². The van der Waals surface area contributed by atoms with Crippen LogP contribution in [0.4, 0.5) is 11.4 Å². The van der Waals surface area contributed by atoms with Crippen molar-refractivity contribution in [2.24, 2.45) is 0 Å². The molecule has 1 aliphatic rings. The Morgan fingerprint density at radius 1 is 1.04 bits per heavy atom. The van der Waals surface area contributed by atoms with E-state index in [-0.39, 0.29) is 11.8 Å². The van der Waals surface area contributed by atoms with Crippen molar-refractivity contribution in [1.82, 2.24) is 0 Å². The largest absolute Gasteiger partial charge is 0.322 e. The zero-order valence-electron chi connectivity index (χ0n) is 14.1. The van der Waals surface area contributed by atoms with Gasteiger partial charge in [-0.2, -0.15) is 0 Å². The molecule has 24 heavy (non-hydrogen) atoms. The third kappa shape index (κ3) is 3.48. The number of hydrogen-bond acceptors (Lipinski definition) is 2. The molecule has 1 aliphatic heterocycles. The van der Waals surface area contributed by atoms with E-state index in [0.29, 0.717) is 17.7 Å². The van der Waals surface area contributed by atoms with E-state index in [1.807, 2.05) is 56.3 Å². The number of hydrogen-bond donors (Lipinski definition) is 1. The van der Waals surface area contributed by atoms with E-state index in [1.54, 1.807) is 4.90 Å². The average Bonchev–Trinajstić information content (AvgIpc) is 2.58. The lowest BCUT2D eigenvalue weighted by Crippen LogP contribution is -2.35.